The Morgan fingerprint density at radius 1 is 1.37 bits per heavy atom. The number of alkyl carbamates (subject to hydrolysis) is 1. The van der Waals surface area contributed by atoms with Crippen molar-refractivity contribution in [3.8, 4) is 0 Å². The summed E-state index contributed by atoms with van der Waals surface area (Å²) in [6, 6.07) is 0.0340. The second-order valence-electron chi connectivity index (χ2n) is 6.55. The van der Waals surface area contributed by atoms with Crippen LogP contribution in [-0.2, 0) is 4.74 Å². The fraction of sp³-hybridized carbons (Fsp3) is 0.846. The Morgan fingerprint density at radius 3 is 2.47 bits per heavy atom. The third-order valence-electron chi connectivity index (χ3n) is 4.02. The number of hydrogen-bond acceptors (Lipinski definition) is 3. The summed E-state index contributed by atoms with van der Waals surface area (Å²) in [6.07, 6.45) is 1.40. The van der Waals surface area contributed by atoms with Crippen LogP contribution in [0.4, 0.5) is 9.59 Å². The Balaban J connectivity index is 1.90. The second kappa shape index (κ2) is 4.58. The van der Waals surface area contributed by atoms with Gasteiger partial charge in [0, 0.05) is 24.5 Å². The highest BCUT2D eigenvalue weighted by Crippen LogP contribution is 2.48. The van der Waals surface area contributed by atoms with Crippen LogP contribution in [-0.4, -0.2) is 46.9 Å². The summed E-state index contributed by atoms with van der Waals surface area (Å²) in [5.41, 5.74) is -0.584. The molecule has 2 unspecified atom stereocenters. The summed E-state index contributed by atoms with van der Waals surface area (Å²) in [6.45, 7) is 6.55. The van der Waals surface area contributed by atoms with Gasteiger partial charge in [-0.15, -0.1) is 0 Å². The Morgan fingerprint density at radius 2 is 2.05 bits per heavy atom. The highest BCUT2D eigenvalue weighted by atomic mass is 16.6. The molecule has 1 aliphatic heterocycles. The summed E-state index contributed by atoms with van der Waals surface area (Å²) < 4.78 is 5.24. The van der Waals surface area contributed by atoms with E-state index in [1.807, 2.05) is 20.8 Å². The minimum atomic E-state index is -0.875. The van der Waals surface area contributed by atoms with Crippen molar-refractivity contribution < 1.29 is 19.4 Å². The summed E-state index contributed by atoms with van der Waals surface area (Å²) in [5.74, 6) is 0. The third kappa shape index (κ3) is 2.93. The maximum atomic E-state index is 11.8. The molecule has 1 spiro atoms. The molecule has 6 heteroatoms. The first-order chi connectivity index (χ1) is 8.72. The molecule has 1 saturated heterocycles. The molecule has 1 saturated carbocycles. The van der Waals surface area contributed by atoms with Crippen molar-refractivity contribution in [1.82, 2.24) is 10.2 Å². The summed E-state index contributed by atoms with van der Waals surface area (Å²) in [5, 5.41) is 11.9. The van der Waals surface area contributed by atoms with E-state index in [2.05, 4.69) is 5.32 Å². The predicted octanol–water partition coefficient (Wildman–Crippen LogP) is 2.04. The minimum Gasteiger partial charge on any atom is -0.465 e. The van der Waals surface area contributed by atoms with Gasteiger partial charge in [0.2, 0.25) is 0 Å². The van der Waals surface area contributed by atoms with Gasteiger partial charge in [0.15, 0.2) is 0 Å². The number of ether oxygens (including phenoxy) is 1. The molecule has 2 amide bonds. The van der Waals surface area contributed by atoms with Gasteiger partial charge in [-0.2, -0.15) is 0 Å². The molecular weight excluding hydrogens is 248 g/mol. The number of rotatable bonds is 1. The number of hydrogen-bond donors (Lipinski definition) is 2. The lowest BCUT2D eigenvalue weighted by Crippen LogP contribution is -2.57. The van der Waals surface area contributed by atoms with Gasteiger partial charge in [-0.1, -0.05) is 0 Å². The van der Waals surface area contributed by atoms with Crippen molar-refractivity contribution in [1.29, 1.82) is 0 Å². The van der Waals surface area contributed by atoms with E-state index in [4.69, 9.17) is 9.84 Å². The zero-order chi connectivity index (χ0) is 14.3. The van der Waals surface area contributed by atoms with Gasteiger partial charge in [0.25, 0.3) is 0 Å². The van der Waals surface area contributed by atoms with Gasteiger partial charge in [-0.3, -0.25) is 0 Å². The molecule has 19 heavy (non-hydrogen) atoms. The van der Waals surface area contributed by atoms with E-state index in [0.29, 0.717) is 13.1 Å². The van der Waals surface area contributed by atoms with Crippen LogP contribution < -0.4 is 5.32 Å². The lowest BCUT2D eigenvalue weighted by atomic mass is 9.64. The van der Waals surface area contributed by atoms with Gasteiger partial charge in [0.05, 0.1) is 0 Å². The predicted molar refractivity (Wildman–Crippen MR) is 69.0 cm³/mol. The van der Waals surface area contributed by atoms with E-state index in [1.54, 1.807) is 0 Å². The standard InChI is InChI=1S/C13H22N2O4/c1-12(2,3)19-10(16)14-9-4-5-13(9)6-7-15(8-13)11(17)18/h9H,4-8H2,1-3H3,(H,14,16)(H,17,18). The largest absolute Gasteiger partial charge is 0.465 e. The number of carbonyl (C=O) groups is 2. The second-order valence-corrected chi connectivity index (χ2v) is 6.55. The van der Waals surface area contributed by atoms with Crippen LogP contribution in [0, 0.1) is 5.41 Å². The monoisotopic (exact) mass is 270 g/mol. The molecule has 2 aliphatic rings. The molecule has 1 heterocycles. The molecule has 0 aromatic rings. The van der Waals surface area contributed by atoms with E-state index in [9.17, 15) is 9.59 Å². The van der Waals surface area contributed by atoms with Crippen LogP contribution in [0.25, 0.3) is 0 Å². The first kappa shape index (κ1) is 14.0. The number of carboxylic acid groups (broad SMARTS) is 1. The first-order valence-electron chi connectivity index (χ1n) is 6.69. The van der Waals surface area contributed by atoms with Crippen LogP contribution in [0.3, 0.4) is 0 Å². The molecule has 0 aromatic carbocycles. The van der Waals surface area contributed by atoms with Gasteiger partial charge in [0.1, 0.15) is 5.60 Å². The molecule has 2 atom stereocenters. The Labute approximate surface area is 113 Å². The van der Waals surface area contributed by atoms with Crippen molar-refractivity contribution in [2.75, 3.05) is 13.1 Å². The third-order valence-corrected chi connectivity index (χ3v) is 4.02. The van der Waals surface area contributed by atoms with Crippen LogP contribution >= 0.6 is 0 Å². The molecule has 0 radical (unpaired) electrons. The fourth-order valence-corrected chi connectivity index (χ4v) is 2.92. The zero-order valence-electron chi connectivity index (χ0n) is 11.7. The van der Waals surface area contributed by atoms with E-state index in [0.717, 1.165) is 19.3 Å². The number of nitrogens with zero attached hydrogens (tertiary/aromatic N) is 1. The highest BCUT2D eigenvalue weighted by molar-refractivity contribution is 5.69. The van der Waals surface area contributed by atoms with E-state index in [-0.39, 0.29) is 11.5 Å². The van der Waals surface area contributed by atoms with Crippen LogP contribution in [0.15, 0.2) is 0 Å². The Kier molecular flexibility index (Phi) is 3.36. The number of nitrogens with one attached hydrogen (secondary N) is 1. The highest BCUT2D eigenvalue weighted by Gasteiger charge is 2.52. The van der Waals surface area contributed by atoms with Crippen molar-refractivity contribution in [3.63, 3.8) is 0 Å². The Bertz CT molecular complexity index is 391. The molecule has 0 bridgehead atoms. The molecule has 6 nitrogen and oxygen atoms in total. The maximum absolute atomic E-state index is 11.8. The van der Waals surface area contributed by atoms with Gasteiger partial charge >= 0.3 is 12.2 Å². The van der Waals surface area contributed by atoms with Crippen molar-refractivity contribution in [2.45, 2.75) is 51.7 Å². The molecular formula is C13H22N2O4. The van der Waals surface area contributed by atoms with Crippen LogP contribution in [0.2, 0.25) is 0 Å². The quantitative estimate of drug-likeness (QED) is 0.764. The molecule has 0 aromatic heterocycles. The Hall–Kier alpha value is -1.46. The average Bonchev–Trinajstić information content (AvgIpc) is 2.69. The zero-order valence-corrected chi connectivity index (χ0v) is 11.7. The number of likely N-dealkylation sites (tertiary alicyclic amines) is 1. The lowest BCUT2D eigenvalue weighted by Gasteiger charge is -2.47. The van der Waals surface area contributed by atoms with Gasteiger partial charge < -0.3 is 20.1 Å². The lowest BCUT2D eigenvalue weighted by molar-refractivity contribution is 0.0264. The molecule has 2 rings (SSSR count). The molecule has 2 fully saturated rings. The molecule has 1 aliphatic carbocycles. The minimum absolute atomic E-state index is 0.0340. The van der Waals surface area contributed by atoms with E-state index < -0.39 is 17.8 Å². The van der Waals surface area contributed by atoms with Crippen molar-refractivity contribution in [3.05, 3.63) is 0 Å². The number of amides is 2. The van der Waals surface area contributed by atoms with E-state index in [1.165, 1.54) is 4.90 Å². The van der Waals surface area contributed by atoms with Crippen molar-refractivity contribution >= 4 is 12.2 Å². The van der Waals surface area contributed by atoms with Gasteiger partial charge in [-0.05, 0) is 40.0 Å². The average molecular weight is 270 g/mol. The number of carbonyl (C=O) groups excluding carboxylic acids is 1. The first-order valence-corrected chi connectivity index (χ1v) is 6.69. The van der Waals surface area contributed by atoms with Crippen molar-refractivity contribution in [2.24, 2.45) is 5.41 Å². The van der Waals surface area contributed by atoms with Crippen LogP contribution in [0.5, 0.6) is 0 Å². The summed E-state index contributed by atoms with van der Waals surface area (Å²) >= 11 is 0. The van der Waals surface area contributed by atoms with E-state index >= 15 is 0 Å². The molecule has 108 valence electrons. The molecule has 2 N–H and O–H groups in total. The van der Waals surface area contributed by atoms with Gasteiger partial charge in [-0.25, -0.2) is 9.59 Å². The topological polar surface area (TPSA) is 78.9 Å². The summed E-state index contributed by atoms with van der Waals surface area (Å²) in [4.78, 5) is 24.1. The maximum Gasteiger partial charge on any atom is 0.407 e. The SMILES string of the molecule is CC(C)(C)OC(=O)NC1CCC12CCN(C(=O)O)C2. The fourth-order valence-electron chi connectivity index (χ4n) is 2.92. The smallest absolute Gasteiger partial charge is 0.407 e. The van der Waals surface area contributed by atoms with Crippen LogP contribution in [0.1, 0.15) is 40.0 Å². The normalized spacial score (nSPS) is 30.1. The summed E-state index contributed by atoms with van der Waals surface area (Å²) in [7, 11) is 0.